The molecule has 4 heteroatoms. The van der Waals surface area contributed by atoms with Crippen molar-refractivity contribution in [1.82, 2.24) is 0 Å². The van der Waals surface area contributed by atoms with Gasteiger partial charge >= 0.3 is 5.97 Å². The summed E-state index contributed by atoms with van der Waals surface area (Å²) in [7, 11) is 1.33. The molecule has 2 N–H and O–H groups in total. The smallest absolute Gasteiger partial charge is 0.327 e. The maximum Gasteiger partial charge on any atom is 0.327 e. The molecule has 1 heterocycles. The average molecular weight is 171 g/mol. The predicted molar refractivity (Wildman–Crippen MR) is 43.3 cm³/mol. The fraction of sp³-hybridized carbons (Fsp3) is 0.286. The summed E-state index contributed by atoms with van der Waals surface area (Å²) in [5, 5.41) is 3.71. The van der Waals surface area contributed by atoms with Gasteiger partial charge in [-0.2, -0.15) is 11.3 Å². The summed E-state index contributed by atoms with van der Waals surface area (Å²) < 4.78 is 4.48. The molecule has 0 unspecified atom stereocenters. The summed E-state index contributed by atoms with van der Waals surface area (Å²) in [4.78, 5) is 10.9. The molecule has 0 bridgehead atoms. The largest absolute Gasteiger partial charge is 0.468 e. The van der Waals surface area contributed by atoms with Crippen molar-refractivity contribution in [1.29, 1.82) is 0 Å². The van der Waals surface area contributed by atoms with Crippen LogP contribution in [0.15, 0.2) is 16.8 Å². The molecular formula is C7H9NO2S. The minimum atomic E-state index is -0.633. The van der Waals surface area contributed by atoms with Crippen molar-refractivity contribution in [2.45, 2.75) is 6.04 Å². The van der Waals surface area contributed by atoms with Crippen LogP contribution < -0.4 is 5.73 Å². The lowest BCUT2D eigenvalue weighted by Gasteiger charge is -2.05. The highest BCUT2D eigenvalue weighted by Gasteiger charge is 2.15. The number of carbonyl (C=O) groups excluding carboxylic acids is 1. The van der Waals surface area contributed by atoms with Gasteiger partial charge in [0.15, 0.2) is 0 Å². The van der Waals surface area contributed by atoms with E-state index in [0.29, 0.717) is 0 Å². The number of rotatable bonds is 2. The zero-order chi connectivity index (χ0) is 8.27. The highest BCUT2D eigenvalue weighted by atomic mass is 32.1. The lowest BCUT2D eigenvalue weighted by molar-refractivity contribution is -0.142. The predicted octanol–water partition coefficient (Wildman–Crippen LogP) is 0.921. The van der Waals surface area contributed by atoms with E-state index in [-0.39, 0.29) is 0 Å². The molecule has 0 aliphatic rings. The van der Waals surface area contributed by atoms with Gasteiger partial charge in [-0.05, 0) is 22.4 Å². The Morgan fingerprint density at radius 2 is 2.55 bits per heavy atom. The van der Waals surface area contributed by atoms with E-state index in [1.54, 1.807) is 0 Å². The summed E-state index contributed by atoms with van der Waals surface area (Å²) in [6.07, 6.45) is 0. The monoisotopic (exact) mass is 171 g/mol. The molecule has 0 aromatic carbocycles. The van der Waals surface area contributed by atoms with Gasteiger partial charge in [-0.1, -0.05) is 0 Å². The first kappa shape index (κ1) is 8.23. The summed E-state index contributed by atoms with van der Waals surface area (Å²) in [6, 6.07) is 1.18. The van der Waals surface area contributed by atoms with E-state index >= 15 is 0 Å². The fourth-order valence-corrected chi connectivity index (χ4v) is 1.41. The molecule has 3 nitrogen and oxygen atoms in total. The highest BCUT2D eigenvalue weighted by molar-refractivity contribution is 7.08. The van der Waals surface area contributed by atoms with Crippen LogP contribution in [0, 0.1) is 0 Å². The van der Waals surface area contributed by atoms with Crippen LogP contribution in [0.2, 0.25) is 0 Å². The lowest BCUT2D eigenvalue weighted by Crippen LogP contribution is -2.21. The SMILES string of the molecule is COC(=O)[C@@H](N)c1ccsc1. The standard InChI is InChI=1S/C7H9NO2S/c1-10-7(9)6(8)5-2-3-11-4-5/h2-4,6H,8H2,1H3/t6-/m0/s1. The number of hydrogen-bond acceptors (Lipinski definition) is 4. The van der Waals surface area contributed by atoms with Crippen LogP contribution in [0.25, 0.3) is 0 Å². The van der Waals surface area contributed by atoms with Crippen molar-refractivity contribution in [3.05, 3.63) is 22.4 Å². The maximum atomic E-state index is 10.9. The van der Waals surface area contributed by atoms with Crippen LogP contribution >= 0.6 is 11.3 Å². The third kappa shape index (κ3) is 1.78. The zero-order valence-corrected chi connectivity index (χ0v) is 6.93. The van der Waals surface area contributed by atoms with Gasteiger partial charge in [0.25, 0.3) is 0 Å². The van der Waals surface area contributed by atoms with E-state index in [4.69, 9.17) is 5.73 Å². The fourth-order valence-electron chi connectivity index (χ4n) is 0.715. The molecule has 1 rings (SSSR count). The molecule has 0 aliphatic heterocycles. The average Bonchev–Trinajstić information content (AvgIpc) is 2.53. The molecule has 0 amide bonds. The van der Waals surface area contributed by atoms with Crippen LogP contribution in [0.3, 0.4) is 0 Å². The molecule has 0 aliphatic carbocycles. The van der Waals surface area contributed by atoms with Gasteiger partial charge in [0.2, 0.25) is 0 Å². The minimum absolute atomic E-state index is 0.400. The number of esters is 1. The first-order valence-corrected chi connectivity index (χ1v) is 4.05. The van der Waals surface area contributed by atoms with Crippen LogP contribution in [-0.2, 0) is 9.53 Å². The Labute approximate surface area is 68.8 Å². The topological polar surface area (TPSA) is 52.3 Å². The van der Waals surface area contributed by atoms with E-state index in [2.05, 4.69) is 4.74 Å². The third-order valence-electron chi connectivity index (χ3n) is 1.36. The number of carbonyl (C=O) groups is 1. The van der Waals surface area contributed by atoms with Gasteiger partial charge < -0.3 is 10.5 Å². The maximum absolute atomic E-state index is 10.9. The van der Waals surface area contributed by atoms with Crippen molar-refractivity contribution in [2.24, 2.45) is 5.73 Å². The zero-order valence-electron chi connectivity index (χ0n) is 6.11. The molecule has 1 aromatic rings. The quantitative estimate of drug-likeness (QED) is 0.673. The first-order valence-electron chi connectivity index (χ1n) is 3.11. The Hall–Kier alpha value is -0.870. The van der Waals surface area contributed by atoms with Crippen molar-refractivity contribution in [3.8, 4) is 0 Å². The summed E-state index contributed by atoms with van der Waals surface area (Å²) in [6.45, 7) is 0. The number of hydrogen-bond donors (Lipinski definition) is 1. The Bertz CT molecular complexity index is 233. The van der Waals surface area contributed by atoms with E-state index in [0.717, 1.165) is 5.56 Å². The van der Waals surface area contributed by atoms with E-state index in [1.165, 1.54) is 18.4 Å². The molecule has 0 saturated heterocycles. The highest BCUT2D eigenvalue weighted by Crippen LogP contribution is 2.14. The van der Waals surface area contributed by atoms with Crippen molar-refractivity contribution < 1.29 is 9.53 Å². The van der Waals surface area contributed by atoms with Crippen LogP contribution in [0.4, 0.5) is 0 Å². The number of methoxy groups -OCH3 is 1. The Morgan fingerprint density at radius 3 is 3.00 bits per heavy atom. The molecule has 60 valence electrons. The molecule has 1 atom stereocenters. The van der Waals surface area contributed by atoms with E-state index < -0.39 is 12.0 Å². The minimum Gasteiger partial charge on any atom is -0.468 e. The summed E-state index contributed by atoms with van der Waals surface area (Å²) >= 11 is 1.51. The molecule has 1 aromatic heterocycles. The summed E-state index contributed by atoms with van der Waals surface area (Å²) in [5.41, 5.74) is 6.33. The Balaban J connectivity index is 2.70. The molecule has 0 saturated carbocycles. The second-order valence-electron chi connectivity index (χ2n) is 2.06. The first-order chi connectivity index (χ1) is 5.25. The Morgan fingerprint density at radius 1 is 1.82 bits per heavy atom. The van der Waals surface area contributed by atoms with Crippen molar-refractivity contribution in [3.63, 3.8) is 0 Å². The van der Waals surface area contributed by atoms with Gasteiger partial charge in [-0.15, -0.1) is 0 Å². The molecular weight excluding hydrogens is 162 g/mol. The van der Waals surface area contributed by atoms with Crippen molar-refractivity contribution in [2.75, 3.05) is 7.11 Å². The second kappa shape index (κ2) is 3.50. The molecule has 11 heavy (non-hydrogen) atoms. The number of thiophene rings is 1. The normalized spacial score (nSPS) is 12.5. The molecule has 0 fully saturated rings. The Kier molecular flexibility index (Phi) is 2.62. The van der Waals surface area contributed by atoms with Gasteiger partial charge in [-0.25, -0.2) is 0 Å². The van der Waals surface area contributed by atoms with E-state index in [9.17, 15) is 4.79 Å². The second-order valence-corrected chi connectivity index (χ2v) is 2.84. The van der Waals surface area contributed by atoms with Gasteiger partial charge in [-0.3, -0.25) is 4.79 Å². The van der Waals surface area contributed by atoms with Gasteiger partial charge in [0, 0.05) is 0 Å². The number of nitrogens with two attached hydrogens (primary N) is 1. The molecule has 0 spiro atoms. The van der Waals surface area contributed by atoms with Crippen molar-refractivity contribution >= 4 is 17.3 Å². The van der Waals surface area contributed by atoms with Crippen LogP contribution in [0.5, 0.6) is 0 Å². The number of ether oxygens (including phenoxy) is 1. The van der Waals surface area contributed by atoms with E-state index in [1.807, 2.05) is 16.8 Å². The van der Waals surface area contributed by atoms with Gasteiger partial charge in [0.05, 0.1) is 7.11 Å². The van der Waals surface area contributed by atoms with Crippen LogP contribution in [-0.4, -0.2) is 13.1 Å². The van der Waals surface area contributed by atoms with Crippen LogP contribution in [0.1, 0.15) is 11.6 Å². The third-order valence-corrected chi connectivity index (χ3v) is 2.06. The lowest BCUT2D eigenvalue weighted by atomic mass is 10.2. The molecule has 0 radical (unpaired) electrons. The van der Waals surface area contributed by atoms with Gasteiger partial charge in [0.1, 0.15) is 6.04 Å². The summed E-state index contributed by atoms with van der Waals surface area (Å²) in [5.74, 6) is -0.400.